The Morgan fingerprint density at radius 3 is 2.58 bits per heavy atom. The van der Waals surface area contributed by atoms with Gasteiger partial charge in [-0.2, -0.15) is 0 Å². The topological polar surface area (TPSA) is 59.5 Å². The van der Waals surface area contributed by atoms with E-state index in [-0.39, 0.29) is 4.90 Å². The van der Waals surface area contributed by atoms with Gasteiger partial charge in [-0.25, -0.2) is 17.8 Å². The van der Waals surface area contributed by atoms with Gasteiger partial charge in [-0.05, 0) is 55.7 Å². The Balaban J connectivity index is 1.37. The molecule has 4 rings (SSSR count). The lowest BCUT2D eigenvalue weighted by molar-refractivity contribution is 0.340. The lowest BCUT2D eigenvalue weighted by atomic mass is 10.1. The molecule has 1 aliphatic heterocycles. The number of thiazole rings is 1. The molecule has 0 unspecified atom stereocenters. The number of piperidine rings is 1. The van der Waals surface area contributed by atoms with Gasteiger partial charge in [0.05, 0.1) is 22.4 Å². The van der Waals surface area contributed by atoms with Gasteiger partial charge in [0, 0.05) is 24.9 Å². The average molecular weight is 461 g/mol. The Morgan fingerprint density at radius 2 is 1.90 bits per heavy atom. The van der Waals surface area contributed by atoms with Crippen LogP contribution in [-0.4, -0.2) is 38.3 Å². The number of rotatable bonds is 7. The van der Waals surface area contributed by atoms with Gasteiger partial charge in [0.1, 0.15) is 11.6 Å². The highest BCUT2D eigenvalue weighted by molar-refractivity contribution is 7.92. The van der Waals surface area contributed by atoms with E-state index in [1.165, 1.54) is 23.8 Å². The first kappa shape index (κ1) is 21.8. The fraction of sp³-hybridized carbons (Fsp3) is 0.348. The maximum absolute atomic E-state index is 13.5. The van der Waals surface area contributed by atoms with Crippen LogP contribution in [0, 0.1) is 5.82 Å². The number of hydrogen-bond donors (Lipinski definition) is 0. The normalized spacial score (nSPS) is 15.2. The van der Waals surface area contributed by atoms with Crippen molar-refractivity contribution < 1.29 is 17.5 Å². The number of hydrogen-bond acceptors (Lipinski definition) is 6. The van der Waals surface area contributed by atoms with Gasteiger partial charge < -0.3 is 9.64 Å². The highest BCUT2D eigenvalue weighted by Gasteiger charge is 2.32. The van der Waals surface area contributed by atoms with Crippen LogP contribution in [0.25, 0.3) is 0 Å². The van der Waals surface area contributed by atoms with E-state index in [0.717, 1.165) is 29.1 Å². The standard InChI is InChI=1S/C23H25FN2O3S2/c1-2-29-20-8-6-17(7-9-20)14-19-16-30-23(25-19)26-12-10-21(11-13-26)31(27,28)22-5-3-4-18(24)15-22/h3-9,15-16,21H,2,10-14H2,1H3. The number of benzene rings is 2. The number of aromatic nitrogens is 1. The maximum Gasteiger partial charge on any atom is 0.185 e. The number of nitrogens with zero attached hydrogens (tertiary/aromatic N) is 2. The van der Waals surface area contributed by atoms with Crippen LogP contribution in [0.1, 0.15) is 31.0 Å². The Labute approximate surface area is 186 Å². The molecule has 1 fully saturated rings. The first-order chi connectivity index (χ1) is 15.0. The summed E-state index contributed by atoms with van der Waals surface area (Å²) in [5, 5.41) is 2.48. The van der Waals surface area contributed by atoms with E-state index in [1.54, 1.807) is 11.3 Å². The molecule has 5 nitrogen and oxygen atoms in total. The summed E-state index contributed by atoms with van der Waals surface area (Å²) in [5.74, 6) is 0.336. The summed E-state index contributed by atoms with van der Waals surface area (Å²) in [5.41, 5.74) is 2.17. The molecule has 1 aliphatic rings. The van der Waals surface area contributed by atoms with E-state index in [9.17, 15) is 12.8 Å². The van der Waals surface area contributed by atoms with Crippen molar-refractivity contribution in [2.24, 2.45) is 0 Å². The molecule has 0 spiro atoms. The van der Waals surface area contributed by atoms with Gasteiger partial charge in [-0.3, -0.25) is 0 Å². The molecule has 164 valence electrons. The van der Waals surface area contributed by atoms with Crippen molar-refractivity contribution in [1.82, 2.24) is 4.98 Å². The molecular formula is C23H25FN2O3S2. The number of sulfone groups is 1. The minimum atomic E-state index is -3.53. The second-order valence-corrected chi connectivity index (χ2v) is 10.6. The quantitative estimate of drug-likeness (QED) is 0.511. The zero-order chi connectivity index (χ0) is 21.8. The Morgan fingerprint density at radius 1 is 1.16 bits per heavy atom. The van der Waals surface area contributed by atoms with Crippen molar-refractivity contribution in [3.05, 3.63) is 71.0 Å². The van der Waals surface area contributed by atoms with E-state index in [1.807, 2.05) is 31.2 Å². The van der Waals surface area contributed by atoms with Crippen molar-refractivity contribution in [2.45, 2.75) is 36.3 Å². The van der Waals surface area contributed by atoms with Gasteiger partial charge in [0.25, 0.3) is 0 Å². The summed E-state index contributed by atoms with van der Waals surface area (Å²) in [6.07, 6.45) is 1.76. The third-order valence-corrected chi connectivity index (χ3v) is 8.65. The zero-order valence-electron chi connectivity index (χ0n) is 17.3. The number of anilines is 1. The third kappa shape index (κ3) is 5.07. The second-order valence-electron chi connectivity index (χ2n) is 7.56. The van der Waals surface area contributed by atoms with Crippen molar-refractivity contribution >= 4 is 26.3 Å². The molecule has 0 saturated carbocycles. The van der Waals surface area contributed by atoms with Crippen molar-refractivity contribution in [3.8, 4) is 5.75 Å². The van der Waals surface area contributed by atoms with Crippen LogP contribution in [-0.2, 0) is 16.3 Å². The lowest BCUT2D eigenvalue weighted by Crippen LogP contribution is -2.39. The predicted octanol–water partition coefficient (Wildman–Crippen LogP) is 4.71. The Kier molecular flexibility index (Phi) is 6.57. The van der Waals surface area contributed by atoms with Crippen LogP contribution in [0.4, 0.5) is 9.52 Å². The molecule has 3 aromatic rings. The molecule has 0 radical (unpaired) electrons. The molecule has 2 heterocycles. The van der Waals surface area contributed by atoms with Crippen LogP contribution < -0.4 is 9.64 Å². The lowest BCUT2D eigenvalue weighted by Gasteiger charge is -2.31. The van der Waals surface area contributed by atoms with E-state index in [4.69, 9.17) is 9.72 Å². The fourth-order valence-corrected chi connectivity index (χ4v) is 6.44. The molecule has 8 heteroatoms. The fourth-order valence-electron chi connectivity index (χ4n) is 3.80. The third-order valence-electron chi connectivity index (χ3n) is 5.44. The molecule has 0 atom stereocenters. The highest BCUT2D eigenvalue weighted by atomic mass is 32.2. The molecular weight excluding hydrogens is 435 g/mol. The summed E-state index contributed by atoms with van der Waals surface area (Å²) in [7, 11) is -3.53. The highest BCUT2D eigenvalue weighted by Crippen LogP contribution is 2.30. The summed E-state index contributed by atoms with van der Waals surface area (Å²) < 4.78 is 44.7. The Hall–Kier alpha value is -2.45. The minimum absolute atomic E-state index is 0.0674. The van der Waals surface area contributed by atoms with Crippen molar-refractivity contribution in [1.29, 1.82) is 0 Å². The second kappa shape index (κ2) is 9.36. The van der Waals surface area contributed by atoms with Crippen LogP contribution in [0.15, 0.2) is 58.8 Å². The van der Waals surface area contributed by atoms with E-state index in [0.29, 0.717) is 32.5 Å². The first-order valence-corrected chi connectivity index (χ1v) is 12.8. The molecule has 2 aromatic carbocycles. The van der Waals surface area contributed by atoms with Gasteiger partial charge in [-0.1, -0.05) is 18.2 Å². The van der Waals surface area contributed by atoms with Crippen LogP contribution in [0.2, 0.25) is 0 Å². The summed E-state index contributed by atoms with van der Waals surface area (Å²) in [6.45, 7) is 3.85. The van der Waals surface area contributed by atoms with E-state index in [2.05, 4.69) is 10.3 Å². The van der Waals surface area contributed by atoms with E-state index >= 15 is 0 Å². The van der Waals surface area contributed by atoms with Crippen LogP contribution in [0.5, 0.6) is 5.75 Å². The molecule has 1 saturated heterocycles. The van der Waals surface area contributed by atoms with Crippen molar-refractivity contribution in [3.63, 3.8) is 0 Å². The molecule has 0 amide bonds. The predicted molar refractivity (Wildman–Crippen MR) is 121 cm³/mol. The van der Waals surface area contributed by atoms with Gasteiger partial charge in [-0.15, -0.1) is 11.3 Å². The largest absolute Gasteiger partial charge is 0.494 e. The summed E-state index contributed by atoms with van der Waals surface area (Å²) in [6, 6.07) is 13.3. The molecule has 1 aromatic heterocycles. The van der Waals surface area contributed by atoms with Gasteiger partial charge in [0.15, 0.2) is 15.0 Å². The molecule has 31 heavy (non-hydrogen) atoms. The first-order valence-electron chi connectivity index (χ1n) is 10.4. The number of halogens is 1. The Bertz CT molecular complexity index is 1120. The molecule has 0 N–H and O–H groups in total. The zero-order valence-corrected chi connectivity index (χ0v) is 19.0. The van der Waals surface area contributed by atoms with Gasteiger partial charge in [0.2, 0.25) is 0 Å². The SMILES string of the molecule is CCOc1ccc(Cc2csc(N3CCC(S(=O)(=O)c4cccc(F)c4)CC3)n2)cc1. The minimum Gasteiger partial charge on any atom is -0.494 e. The molecule has 0 aliphatic carbocycles. The van der Waals surface area contributed by atoms with Crippen molar-refractivity contribution in [2.75, 3.05) is 24.6 Å². The smallest absolute Gasteiger partial charge is 0.185 e. The number of ether oxygens (including phenoxy) is 1. The van der Waals surface area contributed by atoms with Crippen LogP contribution >= 0.6 is 11.3 Å². The average Bonchev–Trinajstić information content (AvgIpc) is 3.24. The van der Waals surface area contributed by atoms with Crippen LogP contribution in [0.3, 0.4) is 0 Å². The monoisotopic (exact) mass is 460 g/mol. The molecule has 0 bridgehead atoms. The summed E-state index contributed by atoms with van der Waals surface area (Å²) in [4.78, 5) is 6.97. The summed E-state index contributed by atoms with van der Waals surface area (Å²) >= 11 is 1.58. The maximum atomic E-state index is 13.5. The van der Waals surface area contributed by atoms with E-state index < -0.39 is 20.9 Å². The van der Waals surface area contributed by atoms with Gasteiger partial charge >= 0.3 is 0 Å².